The number of halogens is 2. The lowest BCUT2D eigenvalue weighted by Gasteiger charge is -2.07. The van der Waals surface area contributed by atoms with Gasteiger partial charge in [-0.25, -0.2) is 18.6 Å². The lowest BCUT2D eigenvalue weighted by Crippen LogP contribution is -2.00. The fourth-order valence-electron chi connectivity index (χ4n) is 1.59. The maximum Gasteiger partial charge on any atom is 0.354 e. The Kier molecular flexibility index (Phi) is 3.06. The molecule has 0 aliphatic heterocycles. The van der Waals surface area contributed by atoms with Gasteiger partial charge < -0.3 is 5.11 Å². The third kappa shape index (κ3) is 2.07. The average molecular weight is 249 g/mol. The van der Waals surface area contributed by atoms with Crippen molar-refractivity contribution < 1.29 is 18.7 Å². The largest absolute Gasteiger partial charge is 0.477 e. The quantitative estimate of drug-likeness (QED) is 0.889. The standard InChI is InChI=1S/C13H9F2NO2/c1-7-2-4-9(14)11(12(7)15)8-3-5-10(13(17)18)16-6-8/h2-6H,1H3,(H,17,18). The summed E-state index contributed by atoms with van der Waals surface area (Å²) in [6.45, 7) is 1.53. The third-order valence-corrected chi connectivity index (χ3v) is 2.56. The predicted octanol–water partition coefficient (Wildman–Crippen LogP) is 3.03. The summed E-state index contributed by atoms with van der Waals surface area (Å²) in [5, 5.41) is 8.69. The van der Waals surface area contributed by atoms with Gasteiger partial charge in [0.25, 0.3) is 0 Å². The van der Waals surface area contributed by atoms with Crippen molar-refractivity contribution in [2.45, 2.75) is 6.92 Å². The molecule has 0 aliphatic carbocycles. The SMILES string of the molecule is Cc1ccc(F)c(-c2ccc(C(=O)O)nc2)c1F. The van der Waals surface area contributed by atoms with Crippen LogP contribution >= 0.6 is 0 Å². The van der Waals surface area contributed by atoms with Crippen molar-refractivity contribution in [3.05, 3.63) is 53.4 Å². The summed E-state index contributed by atoms with van der Waals surface area (Å²) in [4.78, 5) is 14.3. The summed E-state index contributed by atoms with van der Waals surface area (Å²) in [6, 6.07) is 5.04. The molecule has 0 saturated carbocycles. The Bertz CT molecular complexity index is 609. The van der Waals surface area contributed by atoms with Crippen LogP contribution in [0.25, 0.3) is 11.1 Å². The molecule has 2 rings (SSSR count). The van der Waals surface area contributed by atoms with Crippen molar-refractivity contribution in [3.8, 4) is 11.1 Å². The van der Waals surface area contributed by atoms with E-state index in [1.165, 1.54) is 31.2 Å². The van der Waals surface area contributed by atoms with E-state index in [4.69, 9.17) is 5.11 Å². The Morgan fingerprint density at radius 1 is 1.22 bits per heavy atom. The molecule has 0 radical (unpaired) electrons. The number of aromatic nitrogens is 1. The van der Waals surface area contributed by atoms with Crippen molar-refractivity contribution >= 4 is 5.97 Å². The summed E-state index contributed by atoms with van der Waals surface area (Å²) in [6.07, 6.45) is 1.14. The van der Waals surface area contributed by atoms with E-state index in [0.717, 1.165) is 6.20 Å². The minimum Gasteiger partial charge on any atom is -0.477 e. The molecule has 5 heteroatoms. The van der Waals surface area contributed by atoms with Crippen LogP contribution in [0.3, 0.4) is 0 Å². The topological polar surface area (TPSA) is 50.2 Å². The Balaban J connectivity index is 2.55. The van der Waals surface area contributed by atoms with E-state index in [9.17, 15) is 13.6 Å². The van der Waals surface area contributed by atoms with Gasteiger partial charge in [0, 0.05) is 11.8 Å². The van der Waals surface area contributed by atoms with Gasteiger partial charge in [-0.05, 0) is 24.6 Å². The molecule has 0 bridgehead atoms. The average Bonchev–Trinajstić information content (AvgIpc) is 2.35. The van der Waals surface area contributed by atoms with E-state index in [1.54, 1.807) is 0 Å². The molecule has 0 amide bonds. The molecule has 1 aromatic heterocycles. The maximum absolute atomic E-state index is 13.8. The number of aromatic carboxylic acids is 1. The number of aryl methyl sites for hydroxylation is 1. The highest BCUT2D eigenvalue weighted by Crippen LogP contribution is 2.27. The van der Waals surface area contributed by atoms with E-state index in [-0.39, 0.29) is 16.8 Å². The normalized spacial score (nSPS) is 10.4. The van der Waals surface area contributed by atoms with Crippen LogP contribution < -0.4 is 0 Å². The summed E-state index contributed by atoms with van der Waals surface area (Å²) in [5.74, 6) is -2.56. The Morgan fingerprint density at radius 3 is 2.50 bits per heavy atom. The molecule has 0 atom stereocenters. The highest BCUT2D eigenvalue weighted by atomic mass is 19.1. The molecule has 18 heavy (non-hydrogen) atoms. The molecular weight excluding hydrogens is 240 g/mol. The number of nitrogens with zero attached hydrogens (tertiary/aromatic N) is 1. The van der Waals surface area contributed by atoms with Crippen LogP contribution in [0.5, 0.6) is 0 Å². The number of carboxylic acid groups (broad SMARTS) is 1. The van der Waals surface area contributed by atoms with E-state index < -0.39 is 17.6 Å². The van der Waals surface area contributed by atoms with Crippen LogP contribution in [0.2, 0.25) is 0 Å². The predicted molar refractivity (Wildman–Crippen MR) is 61.3 cm³/mol. The second kappa shape index (κ2) is 4.52. The molecule has 0 spiro atoms. The summed E-state index contributed by atoms with van der Waals surface area (Å²) >= 11 is 0. The van der Waals surface area contributed by atoms with E-state index >= 15 is 0 Å². The maximum atomic E-state index is 13.8. The number of benzene rings is 1. The number of carbonyl (C=O) groups is 1. The number of hydrogen-bond acceptors (Lipinski definition) is 2. The van der Waals surface area contributed by atoms with Crippen LogP contribution in [0.4, 0.5) is 8.78 Å². The van der Waals surface area contributed by atoms with Gasteiger partial charge in [-0.1, -0.05) is 12.1 Å². The first-order valence-corrected chi connectivity index (χ1v) is 5.15. The van der Waals surface area contributed by atoms with Gasteiger partial charge in [-0.15, -0.1) is 0 Å². The highest BCUT2D eigenvalue weighted by molar-refractivity contribution is 5.85. The zero-order valence-corrected chi connectivity index (χ0v) is 9.45. The fourth-order valence-corrected chi connectivity index (χ4v) is 1.59. The molecule has 0 fully saturated rings. The Morgan fingerprint density at radius 2 is 1.94 bits per heavy atom. The molecule has 92 valence electrons. The molecule has 1 heterocycles. The molecule has 2 aromatic rings. The molecular formula is C13H9F2NO2. The van der Waals surface area contributed by atoms with Crippen molar-refractivity contribution in [1.82, 2.24) is 4.98 Å². The van der Waals surface area contributed by atoms with Crippen LogP contribution in [0.15, 0.2) is 30.5 Å². The molecule has 3 nitrogen and oxygen atoms in total. The fraction of sp³-hybridized carbons (Fsp3) is 0.0769. The molecule has 0 unspecified atom stereocenters. The summed E-state index contributed by atoms with van der Waals surface area (Å²) in [5.41, 5.74) is 0.152. The third-order valence-electron chi connectivity index (χ3n) is 2.56. The minimum absolute atomic E-state index is 0.174. The molecule has 1 aromatic carbocycles. The van der Waals surface area contributed by atoms with Crippen LogP contribution in [0, 0.1) is 18.6 Å². The van der Waals surface area contributed by atoms with Gasteiger partial charge in [-0.2, -0.15) is 0 Å². The van der Waals surface area contributed by atoms with Gasteiger partial charge in [0.05, 0.1) is 5.56 Å². The van der Waals surface area contributed by atoms with Gasteiger partial charge in [0.15, 0.2) is 0 Å². The molecule has 0 saturated heterocycles. The first kappa shape index (κ1) is 12.2. The van der Waals surface area contributed by atoms with E-state index in [0.29, 0.717) is 5.56 Å². The van der Waals surface area contributed by atoms with E-state index in [2.05, 4.69) is 4.98 Å². The second-order valence-corrected chi connectivity index (χ2v) is 3.79. The number of rotatable bonds is 2. The number of hydrogen-bond donors (Lipinski definition) is 1. The van der Waals surface area contributed by atoms with Crippen LogP contribution in [0.1, 0.15) is 16.1 Å². The van der Waals surface area contributed by atoms with Gasteiger partial charge in [-0.3, -0.25) is 0 Å². The monoisotopic (exact) mass is 249 g/mol. The van der Waals surface area contributed by atoms with Crippen LogP contribution in [-0.2, 0) is 0 Å². The number of pyridine rings is 1. The molecule has 0 aliphatic rings. The summed E-state index contributed by atoms with van der Waals surface area (Å²) < 4.78 is 27.4. The Hall–Kier alpha value is -2.30. The minimum atomic E-state index is -1.19. The van der Waals surface area contributed by atoms with Crippen molar-refractivity contribution in [2.24, 2.45) is 0 Å². The van der Waals surface area contributed by atoms with E-state index in [1.807, 2.05) is 0 Å². The van der Waals surface area contributed by atoms with Crippen molar-refractivity contribution in [3.63, 3.8) is 0 Å². The lowest BCUT2D eigenvalue weighted by atomic mass is 10.0. The zero-order valence-electron chi connectivity index (χ0n) is 9.45. The van der Waals surface area contributed by atoms with Gasteiger partial charge in [0.2, 0.25) is 0 Å². The lowest BCUT2D eigenvalue weighted by molar-refractivity contribution is 0.0690. The van der Waals surface area contributed by atoms with Gasteiger partial charge in [0.1, 0.15) is 17.3 Å². The Labute approximate surface area is 102 Å². The van der Waals surface area contributed by atoms with Crippen molar-refractivity contribution in [2.75, 3.05) is 0 Å². The highest BCUT2D eigenvalue weighted by Gasteiger charge is 2.14. The second-order valence-electron chi connectivity index (χ2n) is 3.79. The smallest absolute Gasteiger partial charge is 0.354 e. The van der Waals surface area contributed by atoms with Crippen LogP contribution in [-0.4, -0.2) is 16.1 Å². The number of carboxylic acids is 1. The van der Waals surface area contributed by atoms with Gasteiger partial charge >= 0.3 is 5.97 Å². The zero-order chi connectivity index (χ0) is 13.3. The first-order chi connectivity index (χ1) is 8.50. The van der Waals surface area contributed by atoms with Crippen molar-refractivity contribution in [1.29, 1.82) is 0 Å². The summed E-state index contributed by atoms with van der Waals surface area (Å²) in [7, 11) is 0. The molecule has 1 N–H and O–H groups in total. The first-order valence-electron chi connectivity index (χ1n) is 5.15.